The molecule has 3 atom stereocenters. The first-order valence-electron chi connectivity index (χ1n) is 7.85. The molecule has 1 aliphatic heterocycles. The van der Waals surface area contributed by atoms with Crippen molar-refractivity contribution in [2.45, 2.75) is 25.9 Å². The summed E-state index contributed by atoms with van der Waals surface area (Å²) in [4.78, 5) is 14.0. The number of carbonyl (C=O) groups excluding carboxylic acids is 1. The molecule has 1 aromatic carbocycles. The molecule has 0 spiro atoms. The lowest BCUT2D eigenvalue weighted by Crippen LogP contribution is -2.34. The molecule has 1 saturated carbocycles. The summed E-state index contributed by atoms with van der Waals surface area (Å²) in [5, 5.41) is 0. The second kappa shape index (κ2) is 6.48. The van der Waals surface area contributed by atoms with E-state index >= 15 is 0 Å². The Kier molecular flexibility index (Phi) is 4.44. The van der Waals surface area contributed by atoms with Crippen LogP contribution in [0.3, 0.4) is 0 Å². The van der Waals surface area contributed by atoms with E-state index < -0.39 is 0 Å². The number of nitrogens with zero attached hydrogens (tertiary/aromatic N) is 1. The maximum Gasteiger partial charge on any atom is 0.248 e. The Bertz CT molecular complexity index is 476. The number of hydrogen-bond donors (Lipinski definition) is 0. The molecule has 0 unspecified atom stereocenters. The molecule has 1 aliphatic carbocycles. The number of likely N-dealkylation sites (tertiary alicyclic amines) is 1. The van der Waals surface area contributed by atoms with E-state index in [1.807, 2.05) is 42.2 Å². The van der Waals surface area contributed by atoms with E-state index in [9.17, 15) is 4.79 Å². The molecule has 21 heavy (non-hydrogen) atoms. The number of amides is 1. The van der Waals surface area contributed by atoms with Crippen LogP contribution in [0.5, 0.6) is 5.75 Å². The smallest absolute Gasteiger partial charge is 0.248 e. The van der Waals surface area contributed by atoms with Crippen LogP contribution in [0.15, 0.2) is 30.3 Å². The van der Waals surface area contributed by atoms with Crippen molar-refractivity contribution in [3.8, 4) is 5.75 Å². The first kappa shape index (κ1) is 14.4. The van der Waals surface area contributed by atoms with E-state index in [-0.39, 0.29) is 18.6 Å². The van der Waals surface area contributed by atoms with Crippen LogP contribution >= 0.6 is 0 Å². The molecule has 0 radical (unpaired) electrons. The van der Waals surface area contributed by atoms with Crippen LogP contribution in [0.4, 0.5) is 0 Å². The molecule has 2 fully saturated rings. The minimum absolute atomic E-state index is 0.115. The second-order valence-electron chi connectivity index (χ2n) is 5.91. The molecule has 3 rings (SSSR count). The van der Waals surface area contributed by atoms with Gasteiger partial charge in [-0.25, -0.2) is 0 Å². The predicted octanol–water partition coefficient (Wildman–Crippen LogP) is 2.34. The van der Waals surface area contributed by atoms with Gasteiger partial charge in [-0.3, -0.25) is 4.79 Å². The van der Waals surface area contributed by atoms with Crippen molar-refractivity contribution in [3.63, 3.8) is 0 Å². The van der Waals surface area contributed by atoms with Crippen molar-refractivity contribution >= 4 is 5.91 Å². The van der Waals surface area contributed by atoms with Gasteiger partial charge < -0.3 is 14.4 Å². The zero-order valence-corrected chi connectivity index (χ0v) is 12.5. The lowest BCUT2D eigenvalue weighted by Gasteiger charge is -2.22. The van der Waals surface area contributed by atoms with Gasteiger partial charge in [0.1, 0.15) is 18.5 Å². The maximum absolute atomic E-state index is 12.1. The van der Waals surface area contributed by atoms with Crippen molar-refractivity contribution in [3.05, 3.63) is 30.3 Å². The van der Waals surface area contributed by atoms with Crippen LogP contribution in [-0.2, 0) is 9.53 Å². The molecule has 1 amide bonds. The van der Waals surface area contributed by atoms with Gasteiger partial charge in [0.2, 0.25) is 5.91 Å². The summed E-state index contributed by atoms with van der Waals surface area (Å²) in [6.07, 6.45) is 2.49. The quantitative estimate of drug-likeness (QED) is 0.835. The molecule has 0 bridgehead atoms. The molecule has 1 heterocycles. The van der Waals surface area contributed by atoms with Crippen molar-refractivity contribution in [1.29, 1.82) is 0 Å². The lowest BCUT2D eigenvalue weighted by molar-refractivity contribution is -0.135. The number of rotatable bonds is 5. The van der Waals surface area contributed by atoms with Gasteiger partial charge >= 0.3 is 0 Å². The largest absolute Gasteiger partial charge is 0.490 e. The van der Waals surface area contributed by atoms with Crippen LogP contribution in [-0.4, -0.2) is 43.2 Å². The Morgan fingerprint density at radius 1 is 1.24 bits per heavy atom. The average Bonchev–Trinajstić information content (AvgIpc) is 3.08. The van der Waals surface area contributed by atoms with Gasteiger partial charge in [-0.15, -0.1) is 0 Å². The molecule has 2 aliphatic rings. The van der Waals surface area contributed by atoms with Crippen molar-refractivity contribution in [2.75, 3.05) is 26.3 Å². The molecular formula is C17H23NO3. The molecule has 0 aromatic heterocycles. The third kappa shape index (κ3) is 3.21. The van der Waals surface area contributed by atoms with E-state index in [0.717, 1.165) is 31.7 Å². The Labute approximate surface area is 126 Å². The number of benzene rings is 1. The summed E-state index contributed by atoms with van der Waals surface area (Å²) in [6, 6.07) is 9.98. The fraction of sp³-hybridized carbons (Fsp3) is 0.588. The van der Waals surface area contributed by atoms with Gasteiger partial charge in [-0.1, -0.05) is 18.2 Å². The van der Waals surface area contributed by atoms with Gasteiger partial charge in [0.15, 0.2) is 0 Å². The SMILES string of the molecule is CCOCC(=O)N1C[C@@H]2CC[C@H](Oc3ccccc3)[C@@H]2C1. The first-order chi connectivity index (χ1) is 10.3. The Morgan fingerprint density at radius 2 is 2.05 bits per heavy atom. The van der Waals surface area contributed by atoms with E-state index in [1.54, 1.807) is 0 Å². The Balaban J connectivity index is 1.57. The van der Waals surface area contributed by atoms with Crippen molar-refractivity contribution in [2.24, 2.45) is 11.8 Å². The summed E-state index contributed by atoms with van der Waals surface area (Å²) in [7, 11) is 0. The van der Waals surface area contributed by atoms with Crippen LogP contribution in [0, 0.1) is 11.8 Å². The van der Waals surface area contributed by atoms with E-state index in [2.05, 4.69) is 0 Å². The Morgan fingerprint density at radius 3 is 2.81 bits per heavy atom. The molecular weight excluding hydrogens is 266 g/mol. The lowest BCUT2D eigenvalue weighted by atomic mass is 9.99. The number of fused-ring (bicyclic) bond motifs is 1. The molecule has 4 heteroatoms. The number of carbonyl (C=O) groups is 1. The molecule has 4 nitrogen and oxygen atoms in total. The number of hydrogen-bond acceptors (Lipinski definition) is 3. The standard InChI is InChI=1S/C17H23NO3/c1-2-20-12-17(19)18-10-13-8-9-16(15(13)11-18)21-14-6-4-3-5-7-14/h3-7,13,15-16H,2,8-12H2,1H3/t13-,15+,16-/m0/s1. The molecule has 114 valence electrons. The van der Waals surface area contributed by atoms with Crippen LogP contribution in [0.2, 0.25) is 0 Å². The number of para-hydroxylation sites is 1. The van der Waals surface area contributed by atoms with E-state index in [1.165, 1.54) is 0 Å². The summed E-state index contributed by atoms with van der Waals surface area (Å²) >= 11 is 0. The fourth-order valence-electron chi connectivity index (χ4n) is 3.52. The highest BCUT2D eigenvalue weighted by Crippen LogP contribution is 2.40. The molecule has 0 N–H and O–H groups in total. The minimum atomic E-state index is 0.115. The topological polar surface area (TPSA) is 38.8 Å². The van der Waals surface area contributed by atoms with Crippen molar-refractivity contribution < 1.29 is 14.3 Å². The van der Waals surface area contributed by atoms with Crippen LogP contribution in [0.1, 0.15) is 19.8 Å². The summed E-state index contributed by atoms with van der Waals surface area (Å²) < 4.78 is 11.4. The van der Waals surface area contributed by atoms with Crippen molar-refractivity contribution in [1.82, 2.24) is 4.90 Å². The van der Waals surface area contributed by atoms with Crippen LogP contribution < -0.4 is 4.74 Å². The number of ether oxygens (including phenoxy) is 2. The second-order valence-corrected chi connectivity index (χ2v) is 5.91. The highest BCUT2D eigenvalue weighted by Gasteiger charge is 2.45. The zero-order chi connectivity index (χ0) is 14.7. The minimum Gasteiger partial charge on any atom is -0.490 e. The molecule has 1 saturated heterocycles. The summed E-state index contributed by atoms with van der Waals surface area (Å²) in [5.74, 6) is 2.10. The normalized spacial score (nSPS) is 27.7. The average molecular weight is 289 g/mol. The zero-order valence-electron chi connectivity index (χ0n) is 12.5. The third-order valence-electron chi connectivity index (χ3n) is 4.60. The molecule has 1 aromatic rings. The summed E-state index contributed by atoms with van der Waals surface area (Å²) in [6.45, 7) is 4.39. The predicted molar refractivity (Wildman–Crippen MR) is 80.1 cm³/mol. The van der Waals surface area contributed by atoms with E-state index in [4.69, 9.17) is 9.47 Å². The highest BCUT2D eigenvalue weighted by atomic mass is 16.5. The summed E-state index contributed by atoms with van der Waals surface area (Å²) in [5.41, 5.74) is 0. The third-order valence-corrected chi connectivity index (χ3v) is 4.60. The van der Waals surface area contributed by atoms with Gasteiger partial charge in [0.05, 0.1) is 0 Å². The highest BCUT2D eigenvalue weighted by molar-refractivity contribution is 5.77. The van der Waals surface area contributed by atoms with Gasteiger partial charge in [0, 0.05) is 25.6 Å². The monoisotopic (exact) mass is 289 g/mol. The van der Waals surface area contributed by atoms with E-state index in [0.29, 0.717) is 18.4 Å². The maximum atomic E-state index is 12.1. The fourth-order valence-corrected chi connectivity index (χ4v) is 3.52. The van der Waals surface area contributed by atoms with Gasteiger partial charge in [0.25, 0.3) is 0 Å². The van der Waals surface area contributed by atoms with Gasteiger partial charge in [-0.2, -0.15) is 0 Å². The van der Waals surface area contributed by atoms with Gasteiger partial charge in [-0.05, 0) is 37.8 Å². The Hall–Kier alpha value is -1.55. The first-order valence-corrected chi connectivity index (χ1v) is 7.85. The van der Waals surface area contributed by atoms with Crippen LogP contribution in [0.25, 0.3) is 0 Å².